The standard InChI is InChI=1S/C11H15NO.C2H6/c1-8(10(3)13)7-11-5-4-6-12-9(11)2;1-2/h6-7H,4-5H2,1-3H3;1-2H3/b8-7-;. The van der Waals surface area contributed by atoms with Crippen molar-refractivity contribution in [2.45, 2.75) is 47.5 Å². The van der Waals surface area contributed by atoms with Gasteiger partial charge >= 0.3 is 0 Å². The molecule has 0 aromatic carbocycles. The van der Waals surface area contributed by atoms with Crippen molar-refractivity contribution in [1.82, 2.24) is 0 Å². The molecule has 0 saturated carbocycles. The Balaban J connectivity index is 0.000000921. The molecule has 0 radical (unpaired) electrons. The molecule has 0 aromatic rings. The smallest absolute Gasteiger partial charge is 0.155 e. The van der Waals surface area contributed by atoms with Crippen molar-refractivity contribution >= 4 is 12.0 Å². The number of nitrogens with zero attached hydrogens (tertiary/aromatic N) is 1. The van der Waals surface area contributed by atoms with E-state index in [1.165, 1.54) is 5.57 Å². The highest BCUT2D eigenvalue weighted by Crippen LogP contribution is 2.18. The molecule has 1 aliphatic rings. The van der Waals surface area contributed by atoms with Crippen molar-refractivity contribution in [1.29, 1.82) is 0 Å². The first-order valence-corrected chi connectivity index (χ1v) is 5.53. The summed E-state index contributed by atoms with van der Waals surface area (Å²) in [6.45, 7) is 9.42. The molecule has 1 rings (SSSR count). The first-order chi connectivity index (χ1) is 7.11. The average molecular weight is 207 g/mol. The minimum Gasteiger partial charge on any atom is -0.295 e. The normalized spacial score (nSPS) is 15.9. The molecule has 0 N–H and O–H groups in total. The lowest BCUT2D eigenvalue weighted by molar-refractivity contribution is -0.113. The van der Waals surface area contributed by atoms with Crippen LogP contribution in [0.1, 0.15) is 47.5 Å². The highest BCUT2D eigenvalue weighted by atomic mass is 16.1. The quantitative estimate of drug-likeness (QED) is 0.635. The maximum absolute atomic E-state index is 11.0. The number of carbonyl (C=O) groups excluding carboxylic acids is 1. The molecule has 84 valence electrons. The summed E-state index contributed by atoms with van der Waals surface area (Å²) < 4.78 is 0. The number of carbonyl (C=O) groups is 1. The van der Waals surface area contributed by atoms with Gasteiger partial charge in [-0.15, -0.1) is 0 Å². The molecule has 0 aromatic heterocycles. The van der Waals surface area contributed by atoms with Crippen molar-refractivity contribution in [3.63, 3.8) is 0 Å². The zero-order chi connectivity index (χ0) is 11.8. The summed E-state index contributed by atoms with van der Waals surface area (Å²) in [5.74, 6) is 0.134. The lowest BCUT2D eigenvalue weighted by Crippen LogP contribution is -1.97. The van der Waals surface area contributed by atoms with E-state index in [-0.39, 0.29) is 5.78 Å². The Bertz CT molecular complexity index is 308. The van der Waals surface area contributed by atoms with E-state index < -0.39 is 0 Å². The number of allylic oxidation sites excluding steroid dienone is 4. The lowest BCUT2D eigenvalue weighted by Gasteiger charge is -2.08. The maximum atomic E-state index is 11.0. The van der Waals surface area contributed by atoms with Gasteiger partial charge in [-0.3, -0.25) is 9.79 Å². The second-order valence-electron chi connectivity index (χ2n) is 3.34. The van der Waals surface area contributed by atoms with Gasteiger partial charge in [0.15, 0.2) is 5.78 Å². The van der Waals surface area contributed by atoms with E-state index >= 15 is 0 Å². The summed E-state index contributed by atoms with van der Waals surface area (Å²) in [4.78, 5) is 15.2. The van der Waals surface area contributed by atoms with Crippen LogP contribution in [0.2, 0.25) is 0 Å². The molecule has 1 heterocycles. The van der Waals surface area contributed by atoms with Crippen LogP contribution >= 0.6 is 0 Å². The van der Waals surface area contributed by atoms with Crippen LogP contribution in [-0.4, -0.2) is 12.0 Å². The van der Waals surface area contributed by atoms with E-state index in [1.807, 2.05) is 40.0 Å². The molecule has 0 atom stereocenters. The largest absolute Gasteiger partial charge is 0.295 e. The van der Waals surface area contributed by atoms with Crippen LogP contribution in [0.4, 0.5) is 0 Å². The Hall–Kier alpha value is -1.18. The fraction of sp³-hybridized carbons (Fsp3) is 0.538. The highest BCUT2D eigenvalue weighted by molar-refractivity contribution is 5.93. The van der Waals surface area contributed by atoms with Gasteiger partial charge in [-0.1, -0.05) is 19.9 Å². The molecule has 0 bridgehead atoms. The third-order valence-corrected chi connectivity index (χ3v) is 2.24. The molecule has 2 heteroatoms. The first kappa shape index (κ1) is 13.8. The predicted molar refractivity (Wildman–Crippen MR) is 66.2 cm³/mol. The van der Waals surface area contributed by atoms with Gasteiger partial charge in [-0.2, -0.15) is 0 Å². The van der Waals surface area contributed by atoms with Crippen LogP contribution in [0, 0.1) is 0 Å². The van der Waals surface area contributed by atoms with Crippen LogP contribution < -0.4 is 0 Å². The number of aliphatic imine (C=N–C) groups is 1. The van der Waals surface area contributed by atoms with E-state index in [0.29, 0.717) is 0 Å². The molecule has 0 fully saturated rings. The molecule has 0 aliphatic carbocycles. The van der Waals surface area contributed by atoms with E-state index in [4.69, 9.17) is 0 Å². The second-order valence-corrected chi connectivity index (χ2v) is 3.34. The van der Waals surface area contributed by atoms with Gasteiger partial charge < -0.3 is 0 Å². The molecule has 2 nitrogen and oxygen atoms in total. The van der Waals surface area contributed by atoms with Crippen LogP contribution in [0.25, 0.3) is 0 Å². The van der Waals surface area contributed by atoms with Crippen LogP contribution in [0.3, 0.4) is 0 Å². The predicted octanol–water partition coefficient (Wildman–Crippen LogP) is 3.69. The number of hydrogen-bond acceptors (Lipinski definition) is 2. The van der Waals surface area contributed by atoms with Gasteiger partial charge in [-0.25, -0.2) is 0 Å². The van der Waals surface area contributed by atoms with E-state index in [9.17, 15) is 4.79 Å². The number of ketones is 1. The highest BCUT2D eigenvalue weighted by Gasteiger charge is 2.05. The molecule has 0 amide bonds. The van der Waals surface area contributed by atoms with Crippen molar-refractivity contribution in [2.24, 2.45) is 4.99 Å². The van der Waals surface area contributed by atoms with Crippen molar-refractivity contribution < 1.29 is 4.79 Å². The van der Waals surface area contributed by atoms with Crippen LogP contribution in [-0.2, 0) is 4.79 Å². The summed E-state index contributed by atoms with van der Waals surface area (Å²) in [7, 11) is 0. The monoisotopic (exact) mass is 207 g/mol. The van der Waals surface area contributed by atoms with E-state index in [1.54, 1.807) is 6.92 Å². The van der Waals surface area contributed by atoms with E-state index in [0.717, 1.165) is 24.1 Å². The maximum Gasteiger partial charge on any atom is 0.155 e. The summed E-state index contributed by atoms with van der Waals surface area (Å²) in [5, 5.41) is 0. The zero-order valence-electron chi connectivity index (χ0n) is 10.4. The van der Waals surface area contributed by atoms with Gasteiger partial charge in [0.05, 0.1) is 0 Å². The van der Waals surface area contributed by atoms with Crippen molar-refractivity contribution in [3.05, 3.63) is 22.9 Å². The number of hydrogen-bond donors (Lipinski definition) is 0. The fourth-order valence-corrected chi connectivity index (χ4v) is 1.22. The minimum atomic E-state index is 0.134. The van der Waals surface area contributed by atoms with Crippen molar-refractivity contribution in [3.8, 4) is 0 Å². The summed E-state index contributed by atoms with van der Waals surface area (Å²) in [5.41, 5.74) is 3.04. The van der Waals surface area contributed by atoms with Crippen LogP contribution in [0.15, 0.2) is 27.9 Å². The summed E-state index contributed by atoms with van der Waals surface area (Å²) in [6.07, 6.45) is 5.86. The average Bonchev–Trinajstić information content (AvgIpc) is 2.24. The Kier molecular flexibility index (Phi) is 6.59. The van der Waals surface area contributed by atoms with Gasteiger partial charge in [0.1, 0.15) is 0 Å². The molecule has 0 saturated heterocycles. The third kappa shape index (κ3) is 4.73. The Morgan fingerprint density at radius 3 is 2.47 bits per heavy atom. The number of rotatable bonds is 2. The van der Waals surface area contributed by atoms with E-state index in [2.05, 4.69) is 4.99 Å². The first-order valence-electron chi connectivity index (χ1n) is 5.53. The summed E-state index contributed by atoms with van der Waals surface area (Å²) >= 11 is 0. The molecular weight excluding hydrogens is 186 g/mol. The third-order valence-electron chi connectivity index (χ3n) is 2.24. The lowest BCUT2D eigenvalue weighted by atomic mass is 10.0. The topological polar surface area (TPSA) is 29.4 Å². The Morgan fingerprint density at radius 1 is 1.40 bits per heavy atom. The molecule has 1 aliphatic heterocycles. The molecule has 0 spiro atoms. The Labute approximate surface area is 92.8 Å². The SMILES string of the molecule is CC.CC(=O)/C(C)=C\C1=C(C)N=CCC1. The van der Waals surface area contributed by atoms with Crippen molar-refractivity contribution in [2.75, 3.05) is 0 Å². The van der Waals surface area contributed by atoms with Gasteiger partial charge in [-0.05, 0) is 44.8 Å². The fourth-order valence-electron chi connectivity index (χ4n) is 1.22. The van der Waals surface area contributed by atoms with Crippen LogP contribution in [0.5, 0.6) is 0 Å². The van der Waals surface area contributed by atoms with Gasteiger partial charge in [0.25, 0.3) is 0 Å². The molecule has 0 unspecified atom stereocenters. The van der Waals surface area contributed by atoms with Gasteiger partial charge in [0.2, 0.25) is 0 Å². The number of Topliss-reactive ketones (excluding diaryl/α,β-unsaturated/α-hetero) is 1. The second kappa shape index (κ2) is 7.16. The molecule has 15 heavy (non-hydrogen) atoms. The minimum absolute atomic E-state index is 0.134. The Morgan fingerprint density at radius 2 is 2.00 bits per heavy atom. The summed E-state index contributed by atoms with van der Waals surface area (Å²) in [6, 6.07) is 0. The zero-order valence-corrected chi connectivity index (χ0v) is 10.4. The molecular formula is C13H21NO. The van der Waals surface area contributed by atoms with Gasteiger partial charge in [0, 0.05) is 11.9 Å².